The number of halogens is 3. The lowest BCUT2D eigenvalue weighted by atomic mass is 10.2. The minimum Gasteiger partial charge on any atom is -0.506 e. The van der Waals surface area contributed by atoms with Gasteiger partial charge >= 0.3 is 0 Å². The Balaban J connectivity index is 2.61. The van der Waals surface area contributed by atoms with E-state index in [0.29, 0.717) is 0 Å². The normalized spacial score (nSPS) is 13.7. The number of phenols is 1. The average molecular weight is 267 g/mol. The summed E-state index contributed by atoms with van der Waals surface area (Å²) in [4.78, 5) is 0. The molecule has 76 valence electrons. The Morgan fingerprint density at radius 2 is 2.14 bits per heavy atom. The van der Waals surface area contributed by atoms with Crippen molar-refractivity contribution in [1.82, 2.24) is 0 Å². The van der Waals surface area contributed by atoms with Crippen LogP contribution in [0.4, 0.5) is 8.78 Å². The van der Waals surface area contributed by atoms with Gasteiger partial charge in [0.2, 0.25) is 6.79 Å². The first-order valence-electron chi connectivity index (χ1n) is 3.70. The summed E-state index contributed by atoms with van der Waals surface area (Å²) in [7, 11) is 0. The van der Waals surface area contributed by atoms with E-state index in [4.69, 9.17) is 9.47 Å². The molecule has 6 heteroatoms. The van der Waals surface area contributed by atoms with Gasteiger partial charge in [-0.1, -0.05) is 0 Å². The van der Waals surface area contributed by atoms with Crippen molar-refractivity contribution in [2.45, 2.75) is 6.43 Å². The van der Waals surface area contributed by atoms with Gasteiger partial charge < -0.3 is 14.6 Å². The molecular formula is C8H5BrF2O3. The zero-order valence-corrected chi connectivity index (χ0v) is 8.35. The van der Waals surface area contributed by atoms with Crippen molar-refractivity contribution in [2.24, 2.45) is 0 Å². The van der Waals surface area contributed by atoms with E-state index in [2.05, 4.69) is 15.9 Å². The highest BCUT2D eigenvalue weighted by atomic mass is 79.9. The van der Waals surface area contributed by atoms with E-state index in [-0.39, 0.29) is 22.8 Å². The summed E-state index contributed by atoms with van der Waals surface area (Å²) >= 11 is 2.96. The molecule has 0 unspecified atom stereocenters. The molecule has 0 radical (unpaired) electrons. The SMILES string of the molecule is Oc1c(C(F)F)cc2c(c1Br)OCO2. The molecule has 1 N–H and O–H groups in total. The quantitative estimate of drug-likeness (QED) is 0.850. The van der Waals surface area contributed by atoms with Gasteiger partial charge in [0.25, 0.3) is 6.43 Å². The molecule has 14 heavy (non-hydrogen) atoms. The van der Waals surface area contributed by atoms with Crippen LogP contribution in [0.5, 0.6) is 17.2 Å². The third kappa shape index (κ3) is 1.30. The van der Waals surface area contributed by atoms with Gasteiger partial charge in [0.1, 0.15) is 10.2 Å². The highest BCUT2D eigenvalue weighted by molar-refractivity contribution is 9.10. The smallest absolute Gasteiger partial charge is 0.267 e. The average Bonchev–Trinajstić information content (AvgIpc) is 2.58. The van der Waals surface area contributed by atoms with Crippen LogP contribution in [0.25, 0.3) is 0 Å². The molecule has 3 nitrogen and oxygen atoms in total. The summed E-state index contributed by atoms with van der Waals surface area (Å²) in [6.45, 7) is -0.0277. The topological polar surface area (TPSA) is 38.7 Å². The second kappa shape index (κ2) is 3.27. The van der Waals surface area contributed by atoms with Gasteiger partial charge in [-0.3, -0.25) is 0 Å². The Kier molecular flexibility index (Phi) is 2.22. The van der Waals surface area contributed by atoms with Gasteiger partial charge in [0, 0.05) is 0 Å². The van der Waals surface area contributed by atoms with Crippen molar-refractivity contribution >= 4 is 15.9 Å². The molecule has 0 spiro atoms. The van der Waals surface area contributed by atoms with Crippen LogP contribution in [0.1, 0.15) is 12.0 Å². The molecule has 0 fully saturated rings. The largest absolute Gasteiger partial charge is 0.506 e. The van der Waals surface area contributed by atoms with Crippen molar-refractivity contribution in [3.63, 3.8) is 0 Å². The van der Waals surface area contributed by atoms with Crippen molar-refractivity contribution in [2.75, 3.05) is 6.79 Å². The van der Waals surface area contributed by atoms with Crippen LogP contribution in [0, 0.1) is 0 Å². The van der Waals surface area contributed by atoms with Crippen LogP contribution in [0.3, 0.4) is 0 Å². The van der Waals surface area contributed by atoms with Crippen LogP contribution in [0.15, 0.2) is 10.5 Å². The van der Waals surface area contributed by atoms with Gasteiger partial charge in [-0.15, -0.1) is 0 Å². The van der Waals surface area contributed by atoms with E-state index >= 15 is 0 Å². The number of benzene rings is 1. The molecule has 0 saturated carbocycles. The molecule has 0 bridgehead atoms. The molecule has 0 aliphatic carbocycles. The van der Waals surface area contributed by atoms with Gasteiger partial charge in [-0.25, -0.2) is 8.78 Å². The fraction of sp³-hybridized carbons (Fsp3) is 0.250. The Hall–Kier alpha value is -1.04. The molecular weight excluding hydrogens is 262 g/mol. The van der Waals surface area contributed by atoms with Crippen LogP contribution in [-0.2, 0) is 0 Å². The van der Waals surface area contributed by atoms with Crippen LogP contribution in [0.2, 0.25) is 0 Å². The molecule has 0 aromatic heterocycles. The Labute approximate surface area is 86.4 Å². The maximum Gasteiger partial charge on any atom is 0.267 e. The van der Waals surface area contributed by atoms with Gasteiger partial charge in [0.15, 0.2) is 11.5 Å². The molecule has 1 aliphatic heterocycles. The minimum atomic E-state index is -2.75. The number of aromatic hydroxyl groups is 1. The van der Waals surface area contributed by atoms with E-state index in [1.807, 2.05) is 0 Å². The molecule has 1 aliphatic rings. The van der Waals surface area contributed by atoms with Crippen LogP contribution in [-0.4, -0.2) is 11.9 Å². The lowest BCUT2D eigenvalue weighted by Crippen LogP contribution is -1.93. The third-order valence-electron chi connectivity index (χ3n) is 1.84. The lowest BCUT2D eigenvalue weighted by molar-refractivity contribution is 0.146. The molecule has 1 heterocycles. The maximum absolute atomic E-state index is 12.4. The van der Waals surface area contributed by atoms with E-state index in [0.717, 1.165) is 6.07 Å². The molecule has 0 amide bonds. The number of ether oxygens (including phenoxy) is 2. The highest BCUT2D eigenvalue weighted by Gasteiger charge is 2.26. The predicted octanol–water partition coefficient (Wildman–Crippen LogP) is 2.82. The monoisotopic (exact) mass is 266 g/mol. The number of hydrogen-bond donors (Lipinski definition) is 1. The summed E-state index contributed by atoms with van der Waals surface area (Å²) < 4.78 is 34.8. The Morgan fingerprint density at radius 3 is 2.79 bits per heavy atom. The summed E-state index contributed by atoms with van der Waals surface area (Å²) in [5.41, 5.74) is -0.471. The summed E-state index contributed by atoms with van der Waals surface area (Å²) in [6.07, 6.45) is -2.75. The molecule has 2 rings (SSSR count). The molecule has 0 atom stereocenters. The zero-order valence-electron chi connectivity index (χ0n) is 6.76. The predicted molar refractivity (Wildman–Crippen MR) is 46.9 cm³/mol. The zero-order chi connectivity index (χ0) is 10.3. The molecule has 1 aromatic carbocycles. The first-order valence-corrected chi connectivity index (χ1v) is 4.49. The van der Waals surface area contributed by atoms with Crippen LogP contribution >= 0.6 is 15.9 Å². The number of alkyl halides is 2. The van der Waals surface area contributed by atoms with Crippen molar-refractivity contribution in [3.8, 4) is 17.2 Å². The standard InChI is InChI=1S/C8H5BrF2O3/c9-5-6(12)3(8(10)11)1-4-7(5)14-2-13-4/h1,8,12H,2H2. The fourth-order valence-corrected chi connectivity index (χ4v) is 1.72. The minimum absolute atomic E-state index is 0.0277. The third-order valence-corrected chi connectivity index (χ3v) is 2.58. The summed E-state index contributed by atoms with van der Waals surface area (Å²) in [5.74, 6) is -0.0406. The maximum atomic E-state index is 12.4. The fourth-order valence-electron chi connectivity index (χ4n) is 1.18. The van der Waals surface area contributed by atoms with Gasteiger partial charge in [-0.05, 0) is 22.0 Å². The Morgan fingerprint density at radius 1 is 1.43 bits per heavy atom. The second-order valence-electron chi connectivity index (χ2n) is 2.66. The number of phenolic OH excluding ortho intramolecular Hbond substituents is 1. The number of hydrogen-bond acceptors (Lipinski definition) is 3. The van der Waals surface area contributed by atoms with Gasteiger partial charge in [0.05, 0.1) is 5.56 Å². The van der Waals surface area contributed by atoms with Crippen molar-refractivity contribution in [1.29, 1.82) is 0 Å². The first-order chi connectivity index (χ1) is 6.61. The van der Waals surface area contributed by atoms with Crippen molar-refractivity contribution in [3.05, 3.63) is 16.1 Å². The van der Waals surface area contributed by atoms with Crippen molar-refractivity contribution < 1.29 is 23.4 Å². The summed E-state index contributed by atoms with van der Waals surface area (Å²) in [6, 6.07) is 1.08. The van der Waals surface area contributed by atoms with Gasteiger partial charge in [-0.2, -0.15) is 0 Å². The Bertz CT molecular complexity index is 381. The lowest BCUT2D eigenvalue weighted by Gasteiger charge is -2.07. The van der Waals surface area contributed by atoms with Crippen LogP contribution < -0.4 is 9.47 Å². The molecule has 0 saturated heterocycles. The number of rotatable bonds is 1. The van der Waals surface area contributed by atoms with E-state index in [9.17, 15) is 13.9 Å². The van der Waals surface area contributed by atoms with E-state index in [1.165, 1.54) is 0 Å². The molecule has 1 aromatic rings. The van der Waals surface area contributed by atoms with E-state index in [1.54, 1.807) is 0 Å². The summed E-state index contributed by atoms with van der Waals surface area (Å²) in [5, 5.41) is 9.37. The first kappa shape index (κ1) is 9.51. The number of fused-ring (bicyclic) bond motifs is 1. The van der Waals surface area contributed by atoms with E-state index < -0.39 is 17.7 Å². The second-order valence-corrected chi connectivity index (χ2v) is 3.46. The highest BCUT2D eigenvalue weighted by Crippen LogP contribution is 2.48.